The van der Waals surface area contributed by atoms with Gasteiger partial charge < -0.3 is 9.29 Å². The topological polar surface area (TPSA) is 59.4 Å². The van der Waals surface area contributed by atoms with Crippen molar-refractivity contribution in [3.63, 3.8) is 0 Å². The number of benzene rings is 2. The zero-order valence-corrected chi connectivity index (χ0v) is 13.5. The molecule has 1 N–H and O–H groups in total. The maximum absolute atomic E-state index is 11.5. The Bertz CT molecular complexity index is 755. The molecule has 0 saturated carbocycles. The van der Waals surface area contributed by atoms with Crippen LogP contribution in [0.4, 0.5) is 0 Å². The van der Waals surface area contributed by atoms with Crippen LogP contribution in [-0.4, -0.2) is 19.0 Å². The average Bonchev–Trinajstić information content (AvgIpc) is 2.95. The van der Waals surface area contributed by atoms with Crippen molar-refractivity contribution in [3.8, 4) is 5.19 Å². The third kappa shape index (κ3) is 3.19. The lowest BCUT2D eigenvalue weighted by Gasteiger charge is -2.21. The molecule has 2 aromatic carbocycles. The molecule has 1 unspecified atom stereocenters. The molecule has 6 heteroatoms. The first kappa shape index (κ1) is 15.1. The minimum atomic E-state index is -1.98. The van der Waals surface area contributed by atoms with Crippen molar-refractivity contribution in [2.75, 3.05) is 0 Å². The predicted molar refractivity (Wildman–Crippen MR) is 89.7 cm³/mol. The molecular weight excluding hydrogens is 318 g/mol. The van der Waals surface area contributed by atoms with Gasteiger partial charge in [0.05, 0.1) is 15.5 Å². The zero-order valence-electron chi connectivity index (χ0n) is 11.9. The van der Waals surface area contributed by atoms with Crippen LogP contribution in [0.5, 0.6) is 5.19 Å². The van der Waals surface area contributed by atoms with Crippen molar-refractivity contribution in [1.29, 1.82) is 0 Å². The number of fused-ring (bicyclic) bond motifs is 1. The second kappa shape index (κ2) is 6.56. The minimum Gasteiger partial charge on any atom is -0.460 e. The fourth-order valence-electron chi connectivity index (χ4n) is 2.19. The summed E-state index contributed by atoms with van der Waals surface area (Å²) in [5, 5.41) is -0.0539. The summed E-state index contributed by atoms with van der Waals surface area (Å²) < 4.78 is 27.9. The summed E-state index contributed by atoms with van der Waals surface area (Å²) in [6, 6.07) is 17.2. The monoisotopic (exact) mass is 333 g/mol. The molecule has 3 atom stereocenters. The SMILES string of the molecule is C[C@H]([C@H](Oc1nc2ccccc2s1)c1ccccc1)S(=O)O. The quantitative estimate of drug-likeness (QED) is 0.716. The van der Waals surface area contributed by atoms with E-state index in [0.29, 0.717) is 5.19 Å². The van der Waals surface area contributed by atoms with E-state index in [4.69, 9.17) is 4.74 Å². The largest absolute Gasteiger partial charge is 0.460 e. The number of aromatic nitrogens is 1. The Balaban J connectivity index is 1.94. The van der Waals surface area contributed by atoms with E-state index in [1.165, 1.54) is 11.3 Å². The highest BCUT2D eigenvalue weighted by atomic mass is 32.2. The van der Waals surface area contributed by atoms with Crippen LogP contribution in [0.15, 0.2) is 54.6 Å². The van der Waals surface area contributed by atoms with Gasteiger partial charge in [0.15, 0.2) is 11.1 Å². The standard InChI is InChI=1S/C16H15NO3S2/c1-11(22(18)19)15(12-7-3-2-4-8-12)20-16-17-13-9-5-6-10-14(13)21-16/h2-11,15H,1H3,(H,18,19)/t11-,15+/m1/s1. The van der Waals surface area contributed by atoms with E-state index in [1.54, 1.807) is 6.92 Å². The van der Waals surface area contributed by atoms with Crippen LogP contribution in [0.25, 0.3) is 10.2 Å². The number of para-hydroxylation sites is 1. The molecule has 22 heavy (non-hydrogen) atoms. The normalized spacial score (nSPS) is 15.4. The van der Waals surface area contributed by atoms with Gasteiger partial charge in [-0.05, 0) is 24.6 Å². The van der Waals surface area contributed by atoms with Gasteiger partial charge in [-0.25, -0.2) is 9.19 Å². The lowest BCUT2D eigenvalue weighted by atomic mass is 10.1. The highest BCUT2D eigenvalue weighted by molar-refractivity contribution is 7.79. The van der Waals surface area contributed by atoms with E-state index in [2.05, 4.69) is 4.98 Å². The molecule has 114 valence electrons. The van der Waals surface area contributed by atoms with Crippen LogP contribution >= 0.6 is 11.3 Å². The van der Waals surface area contributed by atoms with Gasteiger partial charge in [-0.1, -0.05) is 53.8 Å². The third-order valence-electron chi connectivity index (χ3n) is 3.37. The van der Waals surface area contributed by atoms with E-state index in [1.807, 2.05) is 54.6 Å². The molecule has 3 aromatic rings. The maximum Gasteiger partial charge on any atom is 0.274 e. The Kier molecular flexibility index (Phi) is 4.52. The summed E-state index contributed by atoms with van der Waals surface area (Å²) in [5.74, 6) is 0. The molecule has 0 amide bonds. The first-order valence-corrected chi connectivity index (χ1v) is 8.80. The molecule has 4 nitrogen and oxygen atoms in total. The molecule has 0 radical (unpaired) electrons. The van der Waals surface area contributed by atoms with E-state index in [9.17, 15) is 8.76 Å². The summed E-state index contributed by atoms with van der Waals surface area (Å²) in [6.45, 7) is 1.70. The number of ether oxygens (including phenoxy) is 1. The summed E-state index contributed by atoms with van der Waals surface area (Å²) in [7, 11) is 0. The van der Waals surface area contributed by atoms with E-state index in [0.717, 1.165) is 15.8 Å². The zero-order chi connectivity index (χ0) is 15.5. The second-order valence-corrected chi connectivity index (χ2v) is 7.17. The van der Waals surface area contributed by atoms with Crippen molar-refractivity contribution in [2.24, 2.45) is 0 Å². The highest BCUT2D eigenvalue weighted by Crippen LogP contribution is 2.33. The summed E-state index contributed by atoms with van der Waals surface area (Å²) >= 11 is -0.545. The fraction of sp³-hybridized carbons (Fsp3) is 0.188. The van der Waals surface area contributed by atoms with E-state index in [-0.39, 0.29) is 0 Å². The van der Waals surface area contributed by atoms with Crippen molar-refractivity contribution < 1.29 is 13.5 Å². The number of hydrogen-bond donors (Lipinski definition) is 1. The molecule has 1 aromatic heterocycles. The first-order chi connectivity index (χ1) is 10.6. The lowest BCUT2D eigenvalue weighted by molar-refractivity contribution is 0.202. The average molecular weight is 333 g/mol. The van der Waals surface area contributed by atoms with Crippen LogP contribution in [-0.2, 0) is 11.1 Å². The minimum absolute atomic E-state index is 0.507. The Morgan fingerprint density at radius 3 is 2.50 bits per heavy atom. The molecule has 0 fully saturated rings. The van der Waals surface area contributed by atoms with Crippen LogP contribution in [0.3, 0.4) is 0 Å². The van der Waals surface area contributed by atoms with Crippen molar-refractivity contribution in [1.82, 2.24) is 4.98 Å². The Morgan fingerprint density at radius 1 is 1.14 bits per heavy atom. The van der Waals surface area contributed by atoms with Gasteiger partial charge in [0, 0.05) is 0 Å². The second-order valence-electron chi connectivity index (χ2n) is 4.88. The Labute approximate surface area is 135 Å². The van der Waals surface area contributed by atoms with Gasteiger partial charge in [0.25, 0.3) is 5.19 Å². The van der Waals surface area contributed by atoms with Gasteiger partial charge in [-0.15, -0.1) is 0 Å². The number of hydrogen-bond acceptors (Lipinski definition) is 4. The molecule has 0 aliphatic rings. The number of nitrogens with zero attached hydrogens (tertiary/aromatic N) is 1. The van der Waals surface area contributed by atoms with Crippen molar-refractivity contribution >= 4 is 32.6 Å². The summed E-state index contributed by atoms with van der Waals surface area (Å²) in [6.07, 6.45) is -0.521. The van der Waals surface area contributed by atoms with E-state index >= 15 is 0 Å². The molecule has 3 rings (SSSR count). The van der Waals surface area contributed by atoms with E-state index < -0.39 is 22.4 Å². The van der Waals surface area contributed by atoms with Crippen LogP contribution in [0.1, 0.15) is 18.6 Å². The van der Waals surface area contributed by atoms with Gasteiger partial charge in [-0.3, -0.25) is 0 Å². The number of rotatable bonds is 5. The van der Waals surface area contributed by atoms with Crippen LogP contribution in [0, 0.1) is 0 Å². The summed E-state index contributed by atoms with van der Waals surface area (Å²) in [4.78, 5) is 4.44. The molecular formula is C16H15NO3S2. The van der Waals surface area contributed by atoms with Crippen LogP contribution in [0.2, 0.25) is 0 Å². The molecule has 0 aliphatic heterocycles. The molecule has 0 bridgehead atoms. The Morgan fingerprint density at radius 2 is 1.82 bits per heavy atom. The van der Waals surface area contributed by atoms with Gasteiger partial charge in [-0.2, -0.15) is 0 Å². The molecule has 0 spiro atoms. The maximum atomic E-state index is 11.5. The van der Waals surface area contributed by atoms with Gasteiger partial charge >= 0.3 is 0 Å². The predicted octanol–water partition coefficient (Wildman–Crippen LogP) is 4.03. The van der Waals surface area contributed by atoms with Crippen molar-refractivity contribution in [3.05, 3.63) is 60.2 Å². The van der Waals surface area contributed by atoms with Gasteiger partial charge in [0.1, 0.15) is 6.10 Å². The molecule has 1 heterocycles. The van der Waals surface area contributed by atoms with Crippen molar-refractivity contribution in [2.45, 2.75) is 18.3 Å². The lowest BCUT2D eigenvalue weighted by Crippen LogP contribution is -2.25. The Hall–Kier alpha value is -1.76. The smallest absolute Gasteiger partial charge is 0.274 e. The number of thiazole rings is 1. The third-order valence-corrected chi connectivity index (χ3v) is 5.19. The van der Waals surface area contributed by atoms with Crippen LogP contribution < -0.4 is 4.74 Å². The highest BCUT2D eigenvalue weighted by Gasteiger charge is 2.26. The fourth-order valence-corrected chi connectivity index (χ4v) is 3.47. The molecule has 0 saturated heterocycles. The van der Waals surface area contributed by atoms with Gasteiger partial charge in [0.2, 0.25) is 0 Å². The molecule has 0 aliphatic carbocycles. The first-order valence-electron chi connectivity index (χ1n) is 6.82. The summed E-state index contributed by atoms with van der Waals surface area (Å²) in [5.41, 5.74) is 1.73.